The fourth-order valence-electron chi connectivity index (χ4n) is 2.04. The Morgan fingerprint density at radius 1 is 1.36 bits per heavy atom. The fourth-order valence-corrected chi connectivity index (χ4v) is 2.74. The van der Waals surface area contributed by atoms with Crippen molar-refractivity contribution >= 4 is 23.6 Å². The monoisotopic (exact) mass is 358 g/mol. The molecule has 0 spiro atoms. The van der Waals surface area contributed by atoms with Crippen molar-refractivity contribution in [3.63, 3.8) is 0 Å². The smallest absolute Gasteiger partial charge is 0.188 e. The van der Waals surface area contributed by atoms with Gasteiger partial charge >= 0.3 is 0 Å². The van der Waals surface area contributed by atoms with Crippen LogP contribution in [0, 0.1) is 0 Å². The first-order valence-electron chi connectivity index (χ1n) is 7.32. The van der Waals surface area contributed by atoms with Gasteiger partial charge in [0.1, 0.15) is 5.69 Å². The number of benzene rings is 1. The third-order valence-electron chi connectivity index (χ3n) is 3.20. The Morgan fingerprint density at radius 2 is 2.16 bits per heavy atom. The molecule has 130 valence electrons. The number of hydrogen-bond donors (Lipinski definition) is 1. The van der Waals surface area contributed by atoms with Gasteiger partial charge in [-0.3, -0.25) is 4.79 Å². The molecule has 0 radical (unpaired) electrons. The van der Waals surface area contributed by atoms with Gasteiger partial charge in [-0.2, -0.15) is 0 Å². The average Bonchev–Trinajstić information content (AvgIpc) is 2.65. The molecule has 1 heterocycles. The molecule has 0 saturated carbocycles. The first-order chi connectivity index (χ1) is 12.1. The van der Waals surface area contributed by atoms with Crippen molar-refractivity contribution in [3.05, 3.63) is 54.4 Å². The summed E-state index contributed by atoms with van der Waals surface area (Å²) in [5.41, 5.74) is 0.795. The lowest BCUT2D eigenvalue weighted by Crippen LogP contribution is -2.06. The number of Topliss-reactive ketones (excluding diaryl/α,β-unsaturated/α-hetero) is 1. The quantitative estimate of drug-likeness (QED) is 0.335. The van der Waals surface area contributed by atoms with E-state index >= 15 is 0 Å². The second-order valence-electron chi connectivity index (χ2n) is 4.77. The third-order valence-corrected chi connectivity index (χ3v) is 4.06. The number of nitrogens with zero attached hydrogens (tertiary/aromatic N) is 2. The fraction of sp³-hybridized carbons (Fsp3) is 0.167. The first kappa shape index (κ1) is 18.5. The van der Waals surface area contributed by atoms with E-state index in [0.717, 1.165) is 0 Å². The number of methoxy groups -OCH3 is 2. The highest BCUT2D eigenvalue weighted by molar-refractivity contribution is 7.99. The Kier molecular flexibility index (Phi) is 6.59. The molecule has 25 heavy (non-hydrogen) atoms. The number of para-hydroxylation sites is 1. The van der Waals surface area contributed by atoms with Gasteiger partial charge in [-0.25, -0.2) is 9.97 Å². The van der Waals surface area contributed by atoms with Crippen molar-refractivity contribution in [2.45, 2.75) is 5.16 Å². The highest BCUT2D eigenvalue weighted by atomic mass is 32.2. The van der Waals surface area contributed by atoms with Crippen LogP contribution in [0.4, 0.5) is 0 Å². The molecule has 0 aliphatic carbocycles. The van der Waals surface area contributed by atoms with Crippen molar-refractivity contribution in [1.29, 1.82) is 0 Å². The Hall–Kier alpha value is -2.80. The van der Waals surface area contributed by atoms with E-state index in [1.165, 1.54) is 32.2 Å². The molecular weight excluding hydrogens is 340 g/mol. The molecule has 0 fully saturated rings. The predicted molar refractivity (Wildman–Crippen MR) is 97.5 cm³/mol. The summed E-state index contributed by atoms with van der Waals surface area (Å²) in [6.45, 7) is 3.57. The van der Waals surface area contributed by atoms with Gasteiger partial charge in [-0.05, 0) is 18.2 Å². The summed E-state index contributed by atoms with van der Waals surface area (Å²) >= 11 is 1.17. The number of ether oxygens (including phenoxy) is 2. The van der Waals surface area contributed by atoms with Crippen molar-refractivity contribution in [2.24, 2.45) is 0 Å². The molecule has 0 amide bonds. The molecule has 2 aromatic rings. The summed E-state index contributed by atoms with van der Waals surface area (Å²) in [5.74, 6) is 0.843. The van der Waals surface area contributed by atoms with Gasteiger partial charge in [0.2, 0.25) is 0 Å². The van der Waals surface area contributed by atoms with Crippen LogP contribution >= 0.6 is 11.8 Å². The Bertz CT molecular complexity index is 806. The van der Waals surface area contributed by atoms with Crippen LogP contribution in [0.3, 0.4) is 0 Å². The SMILES string of the molecule is C=C/C=C/c1nc(SCC(=O)c2cccc(OC)c2OC)ncc1O. The Balaban J connectivity index is 2.15. The summed E-state index contributed by atoms with van der Waals surface area (Å²) in [6, 6.07) is 5.14. The zero-order valence-corrected chi connectivity index (χ0v) is 14.7. The van der Waals surface area contributed by atoms with E-state index in [9.17, 15) is 9.90 Å². The Morgan fingerprint density at radius 3 is 2.84 bits per heavy atom. The van der Waals surface area contributed by atoms with E-state index in [4.69, 9.17) is 9.47 Å². The number of thioether (sulfide) groups is 1. The number of rotatable bonds is 8. The van der Waals surface area contributed by atoms with Crippen LogP contribution in [0.5, 0.6) is 17.2 Å². The zero-order valence-electron chi connectivity index (χ0n) is 13.9. The summed E-state index contributed by atoms with van der Waals surface area (Å²) in [7, 11) is 3.01. The van der Waals surface area contributed by atoms with Gasteiger partial charge < -0.3 is 14.6 Å². The van der Waals surface area contributed by atoms with Crippen LogP contribution in [-0.4, -0.2) is 40.8 Å². The normalized spacial score (nSPS) is 10.6. The van der Waals surface area contributed by atoms with Crippen LogP contribution in [-0.2, 0) is 0 Å². The predicted octanol–water partition coefficient (Wildman–Crippen LogP) is 3.37. The lowest BCUT2D eigenvalue weighted by Gasteiger charge is -2.11. The molecule has 0 unspecified atom stereocenters. The molecule has 0 aliphatic heterocycles. The van der Waals surface area contributed by atoms with E-state index < -0.39 is 0 Å². The number of aromatic hydroxyl groups is 1. The number of allylic oxidation sites excluding steroid dienone is 2. The Labute approximate surface area is 150 Å². The van der Waals surface area contributed by atoms with E-state index in [-0.39, 0.29) is 17.3 Å². The van der Waals surface area contributed by atoms with Gasteiger partial charge in [0.15, 0.2) is 28.2 Å². The molecule has 1 N–H and O–H groups in total. The van der Waals surface area contributed by atoms with Gasteiger partial charge in [-0.15, -0.1) is 0 Å². The summed E-state index contributed by atoms with van der Waals surface area (Å²) in [4.78, 5) is 20.7. The number of hydrogen-bond acceptors (Lipinski definition) is 7. The van der Waals surface area contributed by atoms with Gasteiger partial charge in [0.25, 0.3) is 0 Å². The van der Waals surface area contributed by atoms with Gasteiger partial charge in [0.05, 0.1) is 31.7 Å². The van der Waals surface area contributed by atoms with Crippen molar-refractivity contribution in [2.75, 3.05) is 20.0 Å². The molecule has 6 nitrogen and oxygen atoms in total. The maximum atomic E-state index is 12.5. The molecular formula is C18H18N2O4S. The molecule has 0 atom stereocenters. The number of carbonyl (C=O) groups excluding carboxylic acids is 1. The first-order valence-corrected chi connectivity index (χ1v) is 8.31. The van der Waals surface area contributed by atoms with Crippen LogP contribution in [0.1, 0.15) is 16.1 Å². The minimum absolute atomic E-state index is 0.0387. The molecule has 0 bridgehead atoms. The molecule has 7 heteroatoms. The van der Waals surface area contributed by atoms with Crippen LogP contribution in [0.2, 0.25) is 0 Å². The van der Waals surface area contributed by atoms with E-state index in [0.29, 0.717) is 27.9 Å². The lowest BCUT2D eigenvalue weighted by molar-refractivity contribution is 0.101. The number of carbonyl (C=O) groups is 1. The van der Waals surface area contributed by atoms with Crippen molar-refractivity contribution in [1.82, 2.24) is 9.97 Å². The minimum atomic E-state index is -0.138. The molecule has 0 saturated heterocycles. The van der Waals surface area contributed by atoms with E-state index in [1.807, 2.05) is 0 Å². The second kappa shape index (κ2) is 8.89. The highest BCUT2D eigenvalue weighted by Gasteiger charge is 2.17. The van der Waals surface area contributed by atoms with Gasteiger partial charge in [0, 0.05) is 0 Å². The summed E-state index contributed by atoms with van der Waals surface area (Å²) in [6.07, 6.45) is 6.14. The van der Waals surface area contributed by atoms with E-state index in [1.54, 1.807) is 36.4 Å². The lowest BCUT2D eigenvalue weighted by atomic mass is 10.1. The average molecular weight is 358 g/mol. The third kappa shape index (κ3) is 4.60. The maximum absolute atomic E-state index is 12.5. The number of aromatic nitrogens is 2. The largest absolute Gasteiger partial charge is 0.504 e. The molecule has 1 aromatic heterocycles. The highest BCUT2D eigenvalue weighted by Crippen LogP contribution is 2.32. The van der Waals surface area contributed by atoms with Crippen LogP contribution < -0.4 is 9.47 Å². The molecule has 0 aliphatic rings. The maximum Gasteiger partial charge on any atom is 0.188 e. The van der Waals surface area contributed by atoms with Crippen LogP contribution in [0.15, 0.2) is 48.3 Å². The van der Waals surface area contributed by atoms with Gasteiger partial charge in [-0.1, -0.05) is 36.6 Å². The van der Waals surface area contributed by atoms with Crippen LogP contribution in [0.25, 0.3) is 6.08 Å². The molecule has 2 rings (SSSR count). The summed E-state index contributed by atoms with van der Waals surface area (Å²) in [5, 5.41) is 10.1. The second-order valence-corrected chi connectivity index (χ2v) is 5.71. The zero-order chi connectivity index (χ0) is 18.2. The van der Waals surface area contributed by atoms with Crippen molar-refractivity contribution in [3.8, 4) is 17.2 Å². The molecule has 1 aromatic carbocycles. The topological polar surface area (TPSA) is 81.5 Å². The number of ketones is 1. The van der Waals surface area contributed by atoms with E-state index in [2.05, 4.69) is 16.5 Å². The van der Waals surface area contributed by atoms with Crippen molar-refractivity contribution < 1.29 is 19.4 Å². The standard InChI is InChI=1S/C18H18N2O4S/c1-4-5-8-13-14(21)10-19-18(20-13)25-11-15(22)12-7-6-9-16(23-2)17(12)24-3/h4-10,21H,1,11H2,2-3H3/b8-5+. The minimum Gasteiger partial charge on any atom is -0.504 e. The summed E-state index contributed by atoms with van der Waals surface area (Å²) < 4.78 is 10.5.